The van der Waals surface area contributed by atoms with Crippen LogP contribution in [-0.4, -0.2) is 68.1 Å². The molecule has 23 aromatic carbocycles. The maximum atomic E-state index is 11.7. The van der Waals surface area contributed by atoms with Gasteiger partial charge < -0.3 is 33.9 Å². The van der Waals surface area contributed by atoms with Crippen molar-refractivity contribution in [2.75, 3.05) is 12.5 Å². The fraction of sp³-hybridized carbons (Fsp3) is 0.0635. The van der Waals surface area contributed by atoms with Crippen molar-refractivity contribution < 1.29 is 54.6 Å². The first-order valence-electron chi connectivity index (χ1n) is 46.4. The Morgan fingerprint density at radius 3 is 1.04 bits per heavy atom. The van der Waals surface area contributed by atoms with Gasteiger partial charge in [-0.1, -0.05) is 364 Å². The Kier molecular flexibility index (Phi) is 27.1. The lowest BCUT2D eigenvalue weighted by atomic mass is 9.78. The Balaban J connectivity index is 0.000000112. The molecule has 1 aliphatic heterocycles. The van der Waals surface area contributed by atoms with Crippen molar-refractivity contribution in [1.29, 1.82) is 0 Å². The zero-order valence-corrected chi connectivity index (χ0v) is 82.2. The van der Waals surface area contributed by atoms with Gasteiger partial charge in [0, 0.05) is 20.3 Å². The van der Waals surface area contributed by atoms with E-state index in [-0.39, 0.29) is 35.6 Å². The summed E-state index contributed by atoms with van der Waals surface area (Å²) in [6, 6.07) is 149. The number of phenols is 4. The van der Waals surface area contributed by atoms with Gasteiger partial charge in [-0.15, -0.1) is 3.89 Å². The van der Waals surface area contributed by atoms with Gasteiger partial charge in [-0.3, -0.25) is 0 Å². The third kappa shape index (κ3) is 20.4. The Morgan fingerprint density at radius 1 is 0.289 bits per heavy atom. The zero-order chi connectivity index (χ0) is 98.6. The molecule has 1 saturated heterocycles. The molecule has 0 amide bonds. The summed E-state index contributed by atoms with van der Waals surface area (Å²) in [5.74, 6) is 7.99. The van der Waals surface area contributed by atoms with Crippen LogP contribution in [0.3, 0.4) is 0 Å². The summed E-state index contributed by atoms with van der Waals surface area (Å²) < 4.78 is 70.6. The van der Waals surface area contributed by atoms with Crippen LogP contribution in [0.2, 0.25) is 0 Å². The fourth-order valence-electron chi connectivity index (χ4n) is 19.0. The normalized spacial score (nSPS) is 12.6. The maximum Gasteiger partial charge on any atom is 0.494 e. The number of phenolic OH excluding ortho intramolecular Hbond substituents is 4. The Morgan fingerprint density at radius 2 is 0.599 bits per heavy atom. The summed E-state index contributed by atoms with van der Waals surface area (Å²) in [6.07, 6.45) is 1.55. The third-order valence-corrected chi connectivity index (χ3v) is 27.6. The van der Waals surface area contributed by atoms with Gasteiger partial charge in [0.25, 0.3) is 10.2 Å². The van der Waals surface area contributed by atoms with Crippen LogP contribution in [0.15, 0.2) is 443 Å². The van der Waals surface area contributed by atoms with Gasteiger partial charge in [0.05, 0.1) is 23.7 Å². The van der Waals surface area contributed by atoms with E-state index in [1.807, 2.05) is 155 Å². The van der Waals surface area contributed by atoms with Crippen molar-refractivity contribution in [2.24, 2.45) is 0 Å². The van der Waals surface area contributed by atoms with Crippen molar-refractivity contribution in [3.8, 4) is 107 Å². The summed E-state index contributed by atoms with van der Waals surface area (Å²) in [4.78, 5) is 0. The van der Waals surface area contributed by atoms with Gasteiger partial charge in [-0.05, 0) is 326 Å². The molecule has 142 heavy (non-hydrogen) atoms. The molecule has 0 aliphatic carbocycles. The zero-order valence-electron chi connectivity index (χ0n) is 78.4. The lowest BCUT2D eigenvalue weighted by Gasteiger charge is -2.32. The molecule has 0 radical (unpaired) electrons. The van der Waals surface area contributed by atoms with Crippen LogP contribution >= 0.6 is 22.6 Å². The van der Waals surface area contributed by atoms with E-state index in [0.29, 0.717) is 17.8 Å². The maximum absolute atomic E-state index is 11.7. The lowest BCUT2D eigenvalue weighted by Crippen LogP contribution is -2.41. The monoisotopic (exact) mass is 2000 g/mol. The van der Waals surface area contributed by atoms with E-state index in [0.717, 1.165) is 110 Å². The summed E-state index contributed by atoms with van der Waals surface area (Å²) in [5, 5.41) is 64.3. The third-order valence-electron chi connectivity index (χ3n) is 26.0. The highest BCUT2D eigenvalue weighted by molar-refractivity contribution is 14.1. The van der Waals surface area contributed by atoms with Crippen LogP contribution in [0.4, 0.5) is 3.89 Å². The van der Waals surface area contributed by atoms with Crippen molar-refractivity contribution in [2.45, 2.75) is 38.9 Å². The van der Waals surface area contributed by atoms with Crippen LogP contribution in [0.1, 0.15) is 38.8 Å². The minimum atomic E-state index is -4.17. The van der Waals surface area contributed by atoms with Crippen LogP contribution in [0.25, 0.3) is 185 Å². The van der Waals surface area contributed by atoms with Crippen molar-refractivity contribution in [1.82, 2.24) is 0 Å². The van der Waals surface area contributed by atoms with E-state index >= 15 is 0 Å². The number of hydrogen-bond donors (Lipinski definition) is 4. The molecule has 1 heterocycles. The van der Waals surface area contributed by atoms with E-state index in [2.05, 4.69) is 301 Å². The number of rotatable bonds is 9. The average molecular weight is 2010 g/mol. The average Bonchev–Trinajstić information content (AvgIpc) is 0.877. The van der Waals surface area contributed by atoms with E-state index in [1.54, 1.807) is 48.5 Å². The summed E-state index contributed by atoms with van der Waals surface area (Å²) in [5.41, 5.74) is 16.6. The molecule has 4 N–H and O–H groups in total. The summed E-state index contributed by atoms with van der Waals surface area (Å²) in [7, 11) is -8.13. The highest BCUT2D eigenvalue weighted by Crippen LogP contribution is 2.51. The molecule has 0 spiro atoms. The second-order valence-electron chi connectivity index (χ2n) is 36.1. The highest BCUT2D eigenvalue weighted by atomic mass is 127. The van der Waals surface area contributed by atoms with Crippen LogP contribution in [0, 0.1) is 15.4 Å². The standard InChI is InChI=1S/C31H22O3S.C30H20O.C24H15IO.C24H16O.C16H19BO3.CH3FO2S/c1-35(32,33)34-24-17-19-25-23(20-24)16-18-28-26-14-8-9-15-27(26)29(21-10-4-2-5-11-21)30(31(25)28)22-12-6-3-7-13-22;31-23-16-18-24-22(19-23)15-17-27-25-13-7-8-14-26(25)28(20-9-3-1-4-10-20)29(30(24)27)21-11-5-2-6-12-21;25-24-21-9-5-4-8-19(21)20-12-10-16-14-17(26)11-13-18(16)23(20)22(24)15-6-2-1-3-7-15;25-23-15-14-20-16-22(13-12-21(20)17-23)24-9-5-4-8-19(24)11-10-18-6-2-1-3-7-18;1-15(2)16(3,4)20-17(19-15)13-7-5-12-10-14(18)8-6-11(12)9-13;1-5(2,3)4/h2-20H,1H3;1-19,31H;1-14,26H;1-9,12-17,25H;5-10,18H,1-4H3;1H3. The second-order valence-corrected chi connectivity index (χ2v) is 40.1. The molecule has 0 saturated carbocycles. The van der Waals surface area contributed by atoms with E-state index < -0.39 is 20.3 Å². The minimum Gasteiger partial charge on any atom is -0.508 e. The molecule has 0 unspecified atom stereocenters. The molecule has 0 atom stereocenters. The molecular formula is C126H95BFIO11S2. The minimum absolute atomic E-state index is 0.279. The van der Waals surface area contributed by atoms with E-state index in [9.17, 15) is 32.7 Å². The highest BCUT2D eigenvalue weighted by Gasteiger charge is 2.52. The van der Waals surface area contributed by atoms with E-state index in [4.69, 9.17) is 21.9 Å². The van der Waals surface area contributed by atoms with Crippen LogP contribution in [0.5, 0.6) is 28.7 Å². The molecule has 11 nitrogen and oxygen atoms in total. The SMILES string of the molecule is CC1(C)OB(c2ccc3cc(O)ccc3c2)OC1(C)C.CS(=O)(=O)F.CS(=O)(=O)Oc1ccc2c(ccc3c4ccccc4c(-c4ccccc4)c(-c4ccccc4)c23)c1.Oc1ccc2c(ccc3c4ccccc4c(-c4ccccc4)c(-c4ccccc4)c23)c1.Oc1ccc2c(ccc3c4ccccc4c(I)c(-c4ccccc4)c23)c1.Oc1ccc2cc(-c3ccccc3C#Cc3ccccc3)ccc2c1. The van der Waals surface area contributed by atoms with Gasteiger partial charge in [-0.25, -0.2) is 0 Å². The van der Waals surface area contributed by atoms with Crippen molar-refractivity contribution in [3.63, 3.8) is 0 Å². The summed E-state index contributed by atoms with van der Waals surface area (Å²) in [6.45, 7) is 8.19. The number of benzene rings is 23. The Labute approximate surface area is 838 Å². The molecule has 0 aromatic heterocycles. The first-order chi connectivity index (χ1) is 68.6. The Bertz CT molecular complexity index is 9060. The molecular weight excluding hydrogens is 1910 g/mol. The van der Waals surface area contributed by atoms with Gasteiger partial charge in [0.15, 0.2) is 0 Å². The first kappa shape index (κ1) is 95.0. The molecule has 1 aliphatic rings. The fourth-order valence-corrected chi connectivity index (χ4v) is 20.5. The molecule has 24 rings (SSSR count). The van der Waals surface area contributed by atoms with Gasteiger partial charge in [0.1, 0.15) is 28.7 Å². The van der Waals surface area contributed by atoms with Crippen molar-refractivity contribution >= 4 is 174 Å². The predicted octanol–water partition coefficient (Wildman–Crippen LogP) is 31.5. The second kappa shape index (κ2) is 40.5. The first-order valence-corrected chi connectivity index (χ1v) is 51.1. The van der Waals surface area contributed by atoms with Gasteiger partial charge in [0.2, 0.25) is 0 Å². The van der Waals surface area contributed by atoms with Crippen molar-refractivity contribution in [3.05, 3.63) is 458 Å². The number of fused-ring (bicyclic) bond motifs is 17. The molecule has 694 valence electrons. The number of aromatic hydroxyl groups is 4. The number of hydrogen-bond acceptors (Lipinski definition) is 11. The lowest BCUT2D eigenvalue weighted by molar-refractivity contribution is 0.00578. The molecule has 16 heteroatoms. The Hall–Kier alpha value is -16.0. The van der Waals surface area contributed by atoms with Crippen LogP contribution < -0.4 is 9.65 Å². The van der Waals surface area contributed by atoms with E-state index in [1.165, 1.54) is 102 Å². The topological polar surface area (TPSA) is 177 Å². The number of halogens is 2. The largest absolute Gasteiger partial charge is 0.508 e. The predicted molar refractivity (Wildman–Crippen MR) is 596 cm³/mol. The van der Waals surface area contributed by atoms with Gasteiger partial charge in [-0.2, -0.15) is 16.8 Å². The van der Waals surface area contributed by atoms with Crippen LogP contribution in [-0.2, 0) is 29.7 Å². The van der Waals surface area contributed by atoms with Gasteiger partial charge >= 0.3 is 17.2 Å². The quantitative estimate of drug-likeness (QED) is 0.0270. The molecule has 23 aromatic rings. The molecule has 1 fully saturated rings. The molecule has 0 bridgehead atoms. The summed E-state index contributed by atoms with van der Waals surface area (Å²) >= 11 is 2.48. The smallest absolute Gasteiger partial charge is 0.494 e.